The van der Waals surface area contributed by atoms with Crippen molar-refractivity contribution in [2.24, 2.45) is 0 Å². The predicted octanol–water partition coefficient (Wildman–Crippen LogP) is 6.47. The van der Waals surface area contributed by atoms with Crippen LogP contribution in [0.25, 0.3) is 27.4 Å². The Kier molecular flexibility index (Phi) is 6.73. The number of carboxylic acids is 1. The Balaban J connectivity index is 1.38. The number of carboxylic acid groups (broad SMARTS) is 1. The van der Waals surface area contributed by atoms with Crippen LogP contribution in [-0.2, 0) is 6.42 Å². The molecule has 202 valence electrons. The van der Waals surface area contributed by atoms with Crippen molar-refractivity contribution in [1.29, 1.82) is 0 Å². The second kappa shape index (κ2) is 10.7. The number of hydrogen-bond donors (Lipinski definition) is 2. The molecule has 2 heterocycles. The molecule has 0 fully saturated rings. The predicted molar refractivity (Wildman–Crippen MR) is 154 cm³/mol. The summed E-state index contributed by atoms with van der Waals surface area (Å²) in [4.78, 5) is 25.0. The number of carbonyl (C=O) groups is 2. The first-order valence-electron chi connectivity index (χ1n) is 13.1. The number of rotatable bonds is 7. The van der Waals surface area contributed by atoms with Gasteiger partial charge < -0.3 is 10.4 Å². The summed E-state index contributed by atoms with van der Waals surface area (Å²) in [6.45, 7) is 1.85. The maximum atomic E-state index is 13.8. The van der Waals surface area contributed by atoms with E-state index in [2.05, 4.69) is 15.6 Å². The van der Waals surface area contributed by atoms with E-state index < -0.39 is 5.97 Å². The minimum atomic E-state index is -1.01. The number of benzene rings is 4. The Morgan fingerprint density at radius 2 is 1.63 bits per heavy atom. The minimum absolute atomic E-state index is 0.179. The van der Waals surface area contributed by atoms with Gasteiger partial charge in [-0.3, -0.25) is 4.79 Å². The van der Waals surface area contributed by atoms with Crippen molar-refractivity contribution in [1.82, 2.24) is 20.1 Å². The molecule has 0 aliphatic rings. The lowest BCUT2D eigenvalue weighted by Gasteiger charge is -2.16. The fourth-order valence-corrected chi connectivity index (χ4v) is 5.01. The number of hydrogen-bond acceptors (Lipinski definition) is 4. The van der Waals surface area contributed by atoms with Gasteiger partial charge in [-0.1, -0.05) is 71.9 Å². The fraction of sp³-hybridized carbons (Fsp3) is 0.0909. The summed E-state index contributed by atoms with van der Waals surface area (Å²) in [6.07, 6.45) is 2.28. The molecule has 1 amide bonds. The molecule has 0 aliphatic carbocycles. The molecule has 0 spiro atoms. The van der Waals surface area contributed by atoms with Gasteiger partial charge in [0.15, 0.2) is 0 Å². The van der Waals surface area contributed by atoms with Crippen molar-refractivity contribution in [3.8, 4) is 11.1 Å². The van der Waals surface area contributed by atoms with Crippen molar-refractivity contribution in [2.45, 2.75) is 19.4 Å². The second-order valence-corrected chi connectivity index (χ2v) is 9.96. The molecule has 6 aromatic rings. The Labute approximate surface area is 234 Å². The van der Waals surface area contributed by atoms with Crippen LogP contribution in [-0.4, -0.2) is 31.8 Å². The number of fused-ring (bicyclic) bond motifs is 2. The van der Waals surface area contributed by atoms with Gasteiger partial charge in [-0.05, 0) is 64.7 Å². The maximum Gasteiger partial charge on any atom is 0.335 e. The molecule has 1 atom stereocenters. The third kappa shape index (κ3) is 5.27. The number of nitrogens with zero attached hydrogens (tertiary/aromatic N) is 3. The van der Waals surface area contributed by atoms with Crippen molar-refractivity contribution in [3.05, 3.63) is 137 Å². The SMILES string of the molecule is C[C@H](NC(=O)c1cc(-c2ccccc2)cn2nnc(Cc3ccc4cc(F)ccc4c3)c12)c1ccc(C(=O)O)cc1. The highest BCUT2D eigenvalue weighted by atomic mass is 19.1. The molecule has 2 N–H and O–H groups in total. The molecule has 0 bridgehead atoms. The standard InChI is InChI=1S/C33H25FN4O3/c1-20(22-9-11-24(12-10-22)33(40)41)35-32(39)29-18-27(23-5-3-2-4-6-23)19-38-31(29)30(36-37-38)16-21-7-8-26-17-28(34)14-13-25(26)15-21/h2-15,17-20H,16H2,1H3,(H,35,39)(H,40,41)/t20-/m0/s1. The third-order valence-electron chi connectivity index (χ3n) is 7.18. The fourth-order valence-electron chi connectivity index (χ4n) is 5.01. The molecule has 0 unspecified atom stereocenters. The Bertz CT molecular complexity index is 1920. The van der Waals surface area contributed by atoms with Crippen LogP contribution < -0.4 is 5.32 Å². The summed E-state index contributed by atoms with van der Waals surface area (Å²) >= 11 is 0. The lowest BCUT2D eigenvalue weighted by Crippen LogP contribution is -2.27. The highest BCUT2D eigenvalue weighted by molar-refractivity contribution is 6.02. The first-order valence-corrected chi connectivity index (χ1v) is 13.1. The normalized spacial score (nSPS) is 12.0. The summed E-state index contributed by atoms with van der Waals surface area (Å²) in [5, 5.41) is 22.8. The van der Waals surface area contributed by atoms with Gasteiger partial charge >= 0.3 is 5.97 Å². The Morgan fingerprint density at radius 3 is 2.39 bits per heavy atom. The summed E-state index contributed by atoms with van der Waals surface area (Å²) in [5.41, 5.74) is 5.30. The van der Waals surface area contributed by atoms with E-state index in [4.69, 9.17) is 0 Å². The molecule has 0 saturated heterocycles. The van der Waals surface area contributed by atoms with Gasteiger partial charge in [-0.15, -0.1) is 5.10 Å². The first-order chi connectivity index (χ1) is 19.9. The topological polar surface area (TPSA) is 96.6 Å². The van der Waals surface area contributed by atoms with Crippen molar-refractivity contribution < 1.29 is 19.1 Å². The number of carbonyl (C=O) groups excluding carboxylic acids is 1. The molecular formula is C33H25FN4O3. The number of aromatic carboxylic acids is 1. The zero-order valence-corrected chi connectivity index (χ0v) is 22.1. The second-order valence-electron chi connectivity index (χ2n) is 9.96. The molecule has 41 heavy (non-hydrogen) atoms. The summed E-state index contributed by atoms with van der Waals surface area (Å²) in [5.74, 6) is -1.60. The number of halogens is 1. The van der Waals surface area contributed by atoms with Crippen LogP contribution >= 0.6 is 0 Å². The highest BCUT2D eigenvalue weighted by Gasteiger charge is 2.21. The summed E-state index contributed by atoms with van der Waals surface area (Å²) < 4.78 is 15.3. The van der Waals surface area contributed by atoms with Crippen molar-refractivity contribution in [2.75, 3.05) is 0 Å². The van der Waals surface area contributed by atoms with Gasteiger partial charge in [0, 0.05) is 18.2 Å². The van der Waals surface area contributed by atoms with E-state index in [-0.39, 0.29) is 23.3 Å². The van der Waals surface area contributed by atoms with Crippen molar-refractivity contribution in [3.63, 3.8) is 0 Å². The number of aromatic nitrogens is 3. The van der Waals surface area contributed by atoms with Crippen LogP contribution in [0.4, 0.5) is 4.39 Å². The Hall–Kier alpha value is -5.37. The van der Waals surface area contributed by atoms with Gasteiger partial charge in [-0.25, -0.2) is 13.7 Å². The summed E-state index contributed by atoms with van der Waals surface area (Å²) in [6, 6.07) is 28.1. The zero-order valence-electron chi connectivity index (χ0n) is 22.1. The molecule has 2 aromatic heterocycles. The average molecular weight is 545 g/mol. The van der Waals surface area contributed by atoms with E-state index in [1.54, 1.807) is 22.7 Å². The van der Waals surface area contributed by atoms with Gasteiger partial charge in [0.05, 0.1) is 22.9 Å². The molecule has 6 rings (SSSR count). The van der Waals surface area contributed by atoms with E-state index in [0.717, 1.165) is 33.0 Å². The Morgan fingerprint density at radius 1 is 0.902 bits per heavy atom. The number of nitrogens with one attached hydrogen (secondary N) is 1. The minimum Gasteiger partial charge on any atom is -0.478 e. The summed E-state index contributed by atoms with van der Waals surface area (Å²) in [7, 11) is 0. The average Bonchev–Trinajstić information content (AvgIpc) is 3.39. The van der Waals surface area contributed by atoms with Crippen LogP contribution in [0.1, 0.15) is 50.5 Å². The molecule has 7 nitrogen and oxygen atoms in total. The van der Waals surface area contributed by atoms with Crippen molar-refractivity contribution >= 4 is 28.2 Å². The quantitative estimate of drug-likeness (QED) is 0.240. The lowest BCUT2D eigenvalue weighted by atomic mass is 10.00. The number of amides is 1. The lowest BCUT2D eigenvalue weighted by molar-refractivity contribution is 0.0696. The van der Waals surface area contributed by atoms with Crippen LogP contribution in [0.3, 0.4) is 0 Å². The van der Waals surface area contributed by atoms with Gasteiger partial charge in [0.2, 0.25) is 0 Å². The highest BCUT2D eigenvalue weighted by Crippen LogP contribution is 2.27. The van der Waals surface area contributed by atoms with E-state index in [1.165, 1.54) is 24.3 Å². The first kappa shape index (κ1) is 25.9. The van der Waals surface area contributed by atoms with Crippen LogP contribution in [0.5, 0.6) is 0 Å². The molecule has 0 saturated carbocycles. The molecule has 8 heteroatoms. The van der Waals surface area contributed by atoms with E-state index in [0.29, 0.717) is 23.2 Å². The maximum absolute atomic E-state index is 13.8. The number of pyridine rings is 1. The van der Waals surface area contributed by atoms with Crippen LogP contribution in [0.2, 0.25) is 0 Å². The molecule has 0 radical (unpaired) electrons. The molecule has 0 aliphatic heterocycles. The molecular weight excluding hydrogens is 519 g/mol. The largest absolute Gasteiger partial charge is 0.478 e. The van der Waals surface area contributed by atoms with E-state index in [9.17, 15) is 19.1 Å². The smallest absolute Gasteiger partial charge is 0.335 e. The van der Waals surface area contributed by atoms with E-state index in [1.807, 2.05) is 67.7 Å². The van der Waals surface area contributed by atoms with Crippen LogP contribution in [0, 0.1) is 5.82 Å². The van der Waals surface area contributed by atoms with Gasteiger partial charge in [0.25, 0.3) is 5.91 Å². The van der Waals surface area contributed by atoms with Gasteiger partial charge in [0.1, 0.15) is 11.3 Å². The zero-order chi connectivity index (χ0) is 28.5. The monoisotopic (exact) mass is 544 g/mol. The van der Waals surface area contributed by atoms with Crippen LogP contribution in [0.15, 0.2) is 103 Å². The third-order valence-corrected chi connectivity index (χ3v) is 7.18. The van der Waals surface area contributed by atoms with E-state index >= 15 is 0 Å². The molecule has 4 aromatic carbocycles. The van der Waals surface area contributed by atoms with Gasteiger partial charge in [-0.2, -0.15) is 0 Å².